The summed E-state index contributed by atoms with van der Waals surface area (Å²) in [4.78, 5) is 7.11. The number of aromatic nitrogens is 2. The lowest BCUT2D eigenvalue weighted by atomic mass is 9.91. The van der Waals surface area contributed by atoms with Gasteiger partial charge in [0.05, 0.1) is 19.1 Å². The summed E-state index contributed by atoms with van der Waals surface area (Å²) in [5, 5.41) is 4.33. The summed E-state index contributed by atoms with van der Waals surface area (Å²) < 4.78 is 10.9. The highest BCUT2D eigenvalue weighted by Gasteiger charge is 2.26. The third-order valence-corrected chi connectivity index (χ3v) is 5.14. The van der Waals surface area contributed by atoms with Crippen LogP contribution < -0.4 is 0 Å². The second-order valence-corrected chi connectivity index (χ2v) is 7.15. The highest BCUT2D eigenvalue weighted by atomic mass is 16.5. The van der Waals surface area contributed by atoms with Gasteiger partial charge in [0.15, 0.2) is 5.82 Å². The van der Waals surface area contributed by atoms with Gasteiger partial charge in [-0.05, 0) is 30.0 Å². The van der Waals surface area contributed by atoms with E-state index in [1.807, 2.05) is 36.4 Å². The van der Waals surface area contributed by atoms with Crippen LogP contribution in [0.1, 0.15) is 35.2 Å². The molecule has 140 valence electrons. The Labute approximate surface area is 160 Å². The maximum absolute atomic E-state index is 5.61. The standard InChI is InChI=1S/C22H25N3O2/c1-26-16-17-12-13-25(14-17)15-20-23-22(24-27-20)21(18-8-4-2-5-9-18)19-10-6-3-7-11-19/h2-11,17,21H,12-16H2,1H3. The Morgan fingerprint density at radius 3 is 2.37 bits per heavy atom. The lowest BCUT2D eigenvalue weighted by Crippen LogP contribution is -2.21. The van der Waals surface area contributed by atoms with Crippen molar-refractivity contribution in [3.63, 3.8) is 0 Å². The lowest BCUT2D eigenvalue weighted by Gasteiger charge is -2.14. The summed E-state index contributed by atoms with van der Waals surface area (Å²) in [7, 11) is 1.76. The minimum Gasteiger partial charge on any atom is -0.384 e. The first kappa shape index (κ1) is 17.9. The topological polar surface area (TPSA) is 51.4 Å². The van der Waals surface area contributed by atoms with Crippen LogP contribution in [0.4, 0.5) is 0 Å². The summed E-state index contributed by atoms with van der Waals surface area (Å²) in [6, 6.07) is 20.7. The summed E-state index contributed by atoms with van der Waals surface area (Å²) in [5.41, 5.74) is 2.33. The molecule has 0 aliphatic carbocycles. The number of hydrogen-bond acceptors (Lipinski definition) is 5. The monoisotopic (exact) mass is 363 g/mol. The van der Waals surface area contributed by atoms with E-state index in [2.05, 4.69) is 34.3 Å². The highest BCUT2D eigenvalue weighted by Crippen LogP contribution is 2.30. The van der Waals surface area contributed by atoms with Crippen LogP contribution in [0.2, 0.25) is 0 Å². The number of methoxy groups -OCH3 is 1. The quantitative estimate of drug-likeness (QED) is 0.640. The smallest absolute Gasteiger partial charge is 0.240 e. The molecule has 1 aliphatic heterocycles. The van der Waals surface area contributed by atoms with Gasteiger partial charge in [0.25, 0.3) is 0 Å². The second-order valence-electron chi connectivity index (χ2n) is 7.15. The third kappa shape index (κ3) is 4.26. The molecule has 1 saturated heterocycles. The summed E-state index contributed by atoms with van der Waals surface area (Å²) in [5.74, 6) is 1.97. The Kier molecular flexibility index (Phi) is 5.61. The third-order valence-electron chi connectivity index (χ3n) is 5.14. The normalized spacial score (nSPS) is 17.6. The van der Waals surface area contributed by atoms with Gasteiger partial charge in [-0.1, -0.05) is 65.8 Å². The molecule has 1 aliphatic rings. The fourth-order valence-electron chi connectivity index (χ4n) is 3.85. The van der Waals surface area contributed by atoms with Gasteiger partial charge in [-0.25, -0.2) is 0 Å². The highest BCUT2D eigenvalue weighted by molar-refractivity contribution is 5.37. The predicted octanol–water partition coefficient (Wildman–Crippen LogP) is 3.72. The van der Waals surface area contributed by atoms with Crippen LogP contribution in [0.5, 0.6) is 0 Å². The Balaban J connectivity index is 1.54. The van der Waals surface area contributed by atoms with E-state index in [1.54, 1.807) is 7.11 Å². The molecular weight excluding hydrogens is 338 g/mol. The van der Waals surface area contributed by atoms with Gasteiger partial charge in [-0.3, -0.25) is 4.90 Å². The van der Waals surface area contributed by atoms with E-state index in [1.165, 1.54) is 0 Å². The van der Waals surface area contributed by atoms with E-state index in [4.69, 9.17) is 14.2 Å². The minimum absolute atomic E-state index is 0.0234. The zero-order chi connectivity index (χ0) is 18.5. The largest absolute Gasteiger partial charge is 0.384 e. The number of ether oxygens (including phenoxy) is 1. The maximum atomic E-state index is 5.61. The number of rotatable bonds is 7. The van der Waals surface area contributed by atoms with Crippen LogP contribution in [-0.4, -0.2) is 41.8 Å². The molecule has 5 nitrogen and oxygen atoms in total. The van der Waals surface area contributed by atoms with Crippen molar-refractivity contribution in [2.45, 2.75) is 18.9 Å². The van der Waals surface area contributed by atoms with Crippen molar-refractivity contribution < 1.29 is 9.26 Å². The van der Waals surface area contributed by atoms with Gasteiger partial charge < -0.3 is 9.26 Å². The van der Waals surface area contributed by atoms with E-state index < -0.39 is 0 Å². The second kappa shape index (κ2) is 8.46. The Morgan fingerprint density at radius 2 is 1.74 bits per heavy atom. The first-order valence-electron chi connectivity index (χ1n) is 9.47. The Bertz CT molecular complexity index is 796. The molecule has 0 saturated carbocycles. The van der Waals surface area contributed by atoms with Crippen LogP contribution in [-0.2, 0) is 11.3 Å². The van der Waals surface area contributed by atoms with Crippen LogP contribution >= 0.6 is 0 Å². The zero-order valence-electron chi connectivity index (χ0n) is 15.6. The van der Waals surface area contributed by atoms with Crippen molar-refractivity contribution in [1.82, 2.24) is 15.0 Å². The zero-order valence-corrected chi connectivity index (χ0v) is 15.6. The number of hydrogen-bond donors (Lipinski definition) is 0. The molecule has 0 radical (unpaired) electrons. The number of benzene rings is 2. The van der Waals surface area contributed by atoms with Gasteiger partial charge in [0, 0.05) is 13.7 Å². The van der Waals surface area contributed by atoms with Gasteiger partial charge in [0.2, 0.25) is 5.89 Å². The van der Waals surface area contributed by atoms with Crippen LogP contribution in [0.25, 0.3) is 0 Å². The minimum atomic E-state index is -0.0234. The molecule has 0 N–H and O–H groups in total. The molecule has 1 aromatic heterocycles. The molecule has 3 aromatic rings. The van der Waals surface area contributed by atoms with E-state index >= 15 is 0 Å². The molecule has 1 fully saturated rings. The average Bonchev–Trinajstić information content (AvgIpc) is 3.34. The van der Waals surface area contributed by atoms with E-state index in [9.17, 15) is 0 Å². The molecule has 0 bridgehead atoms. The molecule has 4 rings (SSSR count). The molecule has 0 spiro atoms. The number of likely N-dealkylation sites (tertiary alicyclic amines) is 1. The van der Waals surface area contributed by atoms with Gasteiger partial charge in [-0.2, -0.15) is 4.98 Å². The van der Waals surface area contributed by atoms with E-state index in [0.29, 0.717) is 18.4 Å². The number of nitrogens with zero attached hydrogens (tertiary/aromatic N) is 3. The van der Waals surface area contributed by atoms with E-state index in [-0.39, 0.29) is 5.92 Å². The van der Waals surface area contributed by atoms with Crippen molar-refractivity contribution in [3.05, 3.63) is 83.5 Å². The fraction of sp³-hybridized carbons (Fsp3) is 0.364. The molecular formula is C22H25N3O2. The van der Waals surface area contributed by atoms with Gasteiger partial charge in [-0.15, -0.1) is 0 Å². The Hall–Kier alpha value is -2.50. The summed E-state index contributed by atoms with van der Waals surface area (Å²) in [6.07, 6.45) is 1.16. The summed E-state index contributed by atoms with van der Waals surface area (Å²) >= 11 is 0. The first-order chi connectivity index (χ1) is 13.3. The van der Waals surface area contributed by atoms with Crippen LogP contribution in [0, 0.1) is 5.92 Å². The molecule has 0 amide bonds. The van der Waals surface area contributed by atoms with Crippen LogP contribution in [0.15, 0.2) is 65.2 Å². The van der Waals surface area contributed by atoms with Crippen LogP contribution in [0.3, 0.4) is 0 Å². The van der Waals surface area contributed by atoms with Crippen molar-refractivity contribution in [2.75, 3.05) is 26.8 Å². The predicted molar refractivity (Wildman–Crippen MR) is 103 cm³/mol. The van der Waals surface area contributed by atoms with Crippen molar-refractivity contribution in [3.8, 4) is 0 Å². The van der Waals surface area contributed by atoms with E-state index in [0.717, 1.165) is 43.1 Å². The summed E-state index contributed by atoms with van der Waals surface area (Å²) in [6.45, 7) is 3.58. The maximum Gasteiger partial charge on any atom is 0.240 e. The molecule has 27 heavy (non-hydrogen) atoms. The first-order valence-corrected chi connectivity index (χ1v) is 9.47. The Morgan fingerprint density at radius 1 is 1.07 bits per heavy atom. The average molecular weight is 363 g/mol. The van der Waals surface area contributed by atoms with Crippen molar-refractivity contribution in [2.24, 2.45) is 5.92 Å². The molecule has 5 heteroatoms. The van der Waals surface area contributed by atoms with Gasteiger partial charge in [0.1, 0.15) is 0 Å². The van der Waals surface area contributed by atoms with Gasteiger partial charge >= 0.3 is 0 Å². The molecule has 1 unspecified atom stereocenters. The SMILES string of the molecule is COCC1CCN(Cc2nc(C(c3ccccc3)c3ccccc3)no2)C1. The molecule has 2 heterocycles. The molecule has 2 aromatic carbocycles. The lowest BCUT2D eigenvalue weighted by molar-refractivity contribution is 0.151. The van der Waals surface area contributed by atoms with Crippen molar-refractivity contribution >= 4 is 0 Å². The molecule has 1 atom stereocenters. The fourth-order valence-corrected chi connectivity index (χ4v) is 3.85. The van der Waals surface area contributed by atoms with Crippen molar-refractivity contribution in [1.29, 1.82) is 0 Å².